The minimum atomic E-state index is -0.265. The van der Waals surface area contributed by atoms with Crippen molar-refractivity contribution in [2.75, 3.05) is 26.3 Å². The monoisotopic (exact) mass is 478 g/mol. The van der Waals surface area contributed by atoms with Crippen LogP contribution in [-0.4, -0.2) is 47.6 Å². The van der Waals surface area contributed by atoms with Gasteiger partial charge in [0.2, 0.25) is 0 Å². The van der Waals surface area contributed by atoms with E-state index in [1.807, 2.05) is 37.4 Å². The van der Waals surface area contributed by atoms with Gasteiger partial charge in [0, 0.05) is 25.2 Å². The first-order chi connectivity index (χ1) is 16.6. The second kappa shape index (κ2) is 11.1. The zero-order valence-electron chi connectivity index (χ0n) is 19.6. The van der Waals surface area contributed by atoms with Crippen molar-refractivity contribution in [2.24, 2.45) is 0 Å². The Hall–Kier alpha value is -3.12. The van der Waals surface area contributed by atoms with E-state index in [0.29, 0.717) is 12.2 Å². The van der Waals surface area contributed by atoms with Gasteiger partial charge in [-0.15, -0.1) is 0 Å². The summed E-state index contributed by atoms with van der Waals surface area (Å²) in [5, 5.41) is 14.1. The van der Waals surface area contributed by atoms with Crippen LogP contribution >= 0.6 is 0 Å². The molecular weight excluding hydrogens is 443 g/mol. The molecular formula is C29H35FN2O3. The van der Waals surface area contributed by atoms with Gasteiger partial charge in [-0.1, -0.05) is 30.8 Å². The molecule has 1 atom stereocenters. The fourth-order valence-electron chi connectivity index (χ4n) is 5.23. The molecule has 1 fully saturated rings. The van der Waals surface area contributed by atoms with Crippen molar-refractivity contribution >= 4 is 11.1 Å². The van der Waals surface area contributed by atoms with Gasteiger partial charge in [0.1, 0.15) is 23.4 Å². The summed E-state index contributed by atoms with van der Waals surface area (Å²) in [4.78, 5) is 2.27. The summed E-state index contributed by atoms with van der Waals surface area (Å²) in [7, 11) is 0. The molecule has 2 aliphatic rings. The number of halogens is 1. The normalized spacial score (nSPS) is 18.2. The minimum Gasteiger partial charge on any atom is -0.508 e. The maximum absolute atomic E-state index is 12.5. The van der Waals surface area contributed by atoms with E-state index in [-0.39, 0.29) is 20.2 Å². The highest BCUT2D eigenvalue weighted by Crippen LogP contribution is 2.41. The van der Waals surface area contributed by atoms with Gasteiger partial charge in [0.15, 0.2) is 0 Å². The van der Waals surface area contributed by atoms with Crippen LogP contribution in [0.25, 0.3) is 11.1 Å². The van der Waals surface area contributed by atoms with E-state index in [9.17, 15) is 9.50 Å². The van der Waals surface area contributed by atoms with Crippen molar-refractivity contribution in [3.63, 3.8) is 0 Å². The summed E-state index contributed by atoms with van der Waals surface area (Å²) in [6.07, 6.45) is 6.30. The Morgan fingerprint density at radius 1 is 1.14 bits per heavy atom. The topological polar surface area (TPSA) is 58.7 Å². The Morgan fingerprint density at radius 3 is 2.71 bits per heavy atom. The number of allylic oxidation sites excluding steroid dienone is 1. The van der Waals surface area contributed by atoms with Crippen molar-refractivity contribution in [3.8, 4) is 11.5 Å². The Bertz CT molecular complexity index is 1170. The number of hydrogen-bond donors (Lipinski definition) is 1. The van der Waals surface area contributed by atoms with Crippen LogP contribution in [0.3, 0.4) is 0 Å². The molecule has 0 bridgehead atoms. The molecule has 0 amide bonds. The average Bonchev–Trinajstić information content (AvgIpc) is 3.42. The van der Waals surface area contributed by atoms with Crippen LogP contribution in [0.15, 0.2) is 53.2 Å². The van der Waals surface area contributed by atoms with E-state index >= 15 is 0 Å². The molecule has 1 aromatic heterocycles. The number of benzene rings is 2. The van der Waals surface area contributed by atoms with Crippen LogP contribution in [0.2, 0.25) is 0 Å². The lowest BCUT2D eigenvalue weighted by molar-refractivity contribution is 0.198. The number of aromatic nitrogens is 1. The molecule has 5 rings (SSSR count). The maximum Gasteiger partial charge on any atom is 0.141 e. The Labute approximate surface area is 207 Å². The number of alkyl halides is 1. The van der Waals surface area contributed by atoms with E-state index in [1.165, 1.54) is 5.57 Å². The lowest BCUT2D eigenvalue weighted by Crippen LogP contribution is -2.26. The van der Waals surface area contributed by atoms with E-state index in [4.69, 9.17) is 9.26 Å². The van der Waals surface area contributed by atoms with Crippen LogP contribution in [0, 0.1) is 6.92 Å². The molecule has 35 heavy (non-hydrogen) atoms. The van der Waals surface area contributed by atoms with Crippen molar-refractivity contribution < 1.29 is 18.8 Å². The largest absolute Gasteiger partial charge is 0.508 e. The Kier molecular flexibility index (Phi) is 7.91. The summed E-state index contributed by atoms with van der Waals surface area (Å²) < 4.78 is 24.1. The van der Waals surface area contributed by atoms with Gasteiger partial charge in [0.25, 0.3) is 0 Å². The highest BCUT2D eigenvalue weighted by Gasteiger charge is 2.25. The summed E-state index contributed by atoms with van der Waals surface area (Å²) in [5.41, 5.74) is 6.81. The van der Waals surface area contributed by atoms with Gasteiger partial charge in [-0.25, -0.2) is 0 Å². The molecule has 2 heterocycles. The molecule has 186 valence electrons. The van der Waals surface area contributed by atoms with Crippen molar-refractivity contribution in [1.82, 2.24) is 10.1 Å². The predicted molar refractivity (Wildman–Crippen MR) is 137 cm³/mol. The number of likely N-dealkylation sites (tertiary alicyclic amines) is 1. The van der Waals surface area contributed by atoms with Gasteiger partial charge in [-0.2, -0.15) is 0 Å². The van der Waals surface area contributed by atoms with Gasteiger partial charge < -0.3 is 14.4 Å². The van der Waals surface area contributed by atoms with E-state index in [0.717, 1.165) is 84.7 Å². The molecule has 1 aliphatic carbocycles. The second-order valence-electron chi connectivity index (χ2n) is 9.24. The third-order valence-electron chi connectivity index (χ3n) is 6.89. The molecule has 1 saturated heterocycles. The summed E-state index contributed by atoms with van der Waals surface area (Å²) in [6.45, 7) is 4.29. The van der Waals surface area contributed by atoms with E-state index in [2.05, 4.69) is 22.2 Å². The average molecular weight is 479 g/mol. The molecule has 0 unspecified atom stereocenters. The molecule has 1 aliphatic heterocycles. The fourth-order valence-corrected chi connectivity index (χ4v) is 5.23. The summed E-state index contributed by atoms with van der Waals surface area (Å²) >= 11 is 0. The number of fused-ring (bicyclic) bond motifs is 1. The molecule has 0 radical (unpaired) electrons. The quantitative estimate of drug-likeness (QED) is 0.424. The van der Waals surface area contributed by atoms with Crippen molar-refractivity contribution in [3.05, 3.63) is 76.7 Å². The van der Waals surface area contributed by atoms with Crippen LogP contribution in [-0.2, 0) is 6.42 Å². The number of nitrogens with zero attached hydrogens (tertiary/aromatic N) is 2. The van der Waals surface area contributed by atoms with E-state index in [1.54, 1.807) is 6.07 Å². The van der Waals surface area contributed by atoms with Gasteiger partial charge in [0.05, 0.1) is 12.9 Å². The van der Waals surface area contributed by atoms with Gasteiger partial charge in [-0.05, 0) is 91.1 Å². The summed E-state index contributed by atoms with van der Waals surface area (Å²) in [5.74, 6) is 1.96. The zero-order valence-corrected chi connectivity index (χ0v) is 19.6. The van der Waals surface area contributed by atoms with Crippen LogP contribution in [0.5, 0.6) is 11.5 Å². The number of hydrogen-bond acceptors (Lipinski definition) is 5. The zero-order chi connectivity index (χ0) is 23.5. The molecule has 0 saturated carbocycles. The predicted octanol–water partition coefficient (Wildman–Crippen LogP) is 6.43. The van der Waals surface area contributed by atoms with Gasteiger partial charge >= 0.3 is 0 Å². The number of aromatic hydroxyl groups is 1. The number of phenolic OH excluding ortho intramolecular Hbond substituents is 1. The molecule has 5 nitrogen and oxygen atoms in total. The highest BCUT2D eigenvalue weighted by molar-refractivity contribution is 6.00. The SMILES string of the molecule is C.Cc1oncc1C1=C(c2ccc(O[C@H]3CCN(CCCF)C3)cc2)c2ccc(O)cc2CCC1. The van der Waals surface area contributed by atoms with Crippen molar-refractivity contribution in [2.45, 2.75) is 52.6 Å². The molecule has 3 aromatic rings. The lowest BCUT2D eigenvalue weighted by atomic mass is 9.88. The highest BCUT2D eigenvalue weighted by atomic mass is 19.1. The first kappa shape index (κ1) is 25.0. The first-order valence-corrected chi connectivity index (χ1v) is 12.1. The molecule has 2 aromatic carbocycles. The third kappa shape index (κ3) is 5.43. The smallest absolute Gasteiger partial charge is 0.141 e. The minimum absolute atomic E-state index is 0. The van der Waals surface area contributed by atoms with Crippen LogP contribution < -0.4 is 4.74 Å². The number of phenols is 1. The van der Waals surface area contributed by atoms with Crippen LogP contribution in [0.4, 0.5) is 4.39 Å². The maximum atomic E-state index is 12.5. The standard InChI is InChI=1S/C28H31FN2O3.CH4/c1-19-27(17-30-34-19)26-5-2-4-21-16-22(32)8-11-25(21)28(26)20-6-9-23(10-7-20)33-24-12-15-31(18-24)14-3-13-29;/h6-11,16-17,24,32H,2-5,12-15,18H2,1H3;1H4/t24-;/m0./s1. The fraction of sp³-hybridized carbons (Fsp3) is 0.414. The second-order valence-corrected chi connectivity index (χ2v) is 9.24. The van der Waals surface area contributed by atoms with Crippen molar-refractivity contribution in [1.29, 1.82) is 0 Å². The molecule has 6 heteroatoms. The molecule has 0 spiro atoms. The third-order valence-corrected chi connectivity index (χ3v) is 6.89. The van der Waals surface area contributed by atoms with Gasteiger partial charge in [-0.3, -0.25) is 9.29 Å². The number of ether oxygens (including phenoxy) is 1. The summed E-state index contributed by atoms with van der Waals surface area (Å²) in [6, 6.07) is 14.0. The molecule has 1 N–H and O–H groups in total. The number of rotatable bonds is 7. The van der Waals surface area contributed by atoms with Crippen LogP contribution in [0.1, 0.15) is 61.1 Å². The Morgan fingerprint density at radius 2 is 1.97 bits per heavy atom. The first-order valence-electron chi connectivity index (χ1n) is 12.1. The number of aryl methyl sites for hydroxylation is 2. The Balaban J connectivity index is 0.00000289. The van der Waals surface area contributed by atoms with E-state index < -0.39 is 0 Å². The lowest BCUT2D eigenvalue weighted by Gasteiger charge is -2.18.